The van der Waals surface area contributed by atoms with E-state index in [1.807, 2.05) is 0 Å². The third kappa shape index (κ3) is 5.26. The van der Waals surface area contributed by atoms with Crippen LogP contribution in [0.3, 0.4) is 0 Å². The highest BCUT2D eigenvalue weighted by Gasteiger charge is 2.67. The minimum Gasteiger partial charge on any atom is -0.409 e. The molecule has 0 radical (unpaired) electrons. The van der Waals surface area contributed by atoms with Crippen LogP contribution in [-0.2, 0) is 18.9 Å². The lowest BCUT2D eigenvalue weighted by Gasteiger charge is -2.65. The van der Waals surface area contributed by atoms with Gasteiger partial charge in [-0.25, -0.2) is 0 Å². The van der Waals surface area contributed by atoms with Crippen LogP contribution >= 0.6 is 0 Å². The molecule has 0 amide bonds. The van der Waals surface area contributed by atoms with Crippen LogP contribution in [0.25, 0.3) is 0 Å². The van der Waals surface area contributed by atoms with E-state index in [1.54, 1.807) is 14.2 Å². The van der Waals surface area contributed by atoms with Crippen LogP contribution in [0.4, 0.5) is 0 Å². The number of oxime groups is 1. The molecular weight excluding hydrogens is 480 g/mol. The van der Waals surface area contributed by atoms with Crippen molar-refractivity contribution >= 4 is 5.84 Å². The summed E-state index contributed by atoms with van der Waals surface area (Å²) in [5.41, 5.74) is 6.42. The third-order valence-corrected chi connectivity index (χ3v) is 12.1. The van der Waals surface area contributed by atoms with Gasteiger partial charge in [0.15, 0.2) is 0 Å². The lowest BCUT2D eigenvalue weighted by molar-refractivity contribution is -0.231. The number of amidine groups is 1. The number of rotatable bonds is 11. The van der Waals surface area contributed by atoms with E-state index in [0.717, 1.165) is 31.1 Å². The molecule has 38 heavy (non-hydrogen) atoms. The van der Waals surface area contributed by atoms with Gasteiger partial charge >= 0.3 is 0 Å². The molecule has 0 aromatic heterocycles. The lowest BCUT2D eigenvalue weighted by Crippen LogP contribution is -2.62. The number of hydrogen-bond donors (Lipinski definition) is 2. The third-order valence-electron chi connectivity index (χ3n) is 12.1. The Labute approximate surface area is 231 Å². The second-order valence-corrected chi connectivity index (χ2v) is 13.9. The van der Waals surface area contributed by atoms with Crippen molar-refractivity contribution in [1.29, 1.82) is 0 Å². The molecule has 0 aromatic carbocycles. The quantitative estimate of drug-likeness (QED) is 0.106. The van der Waals surface area contributed by atoms with Gasteiger partial charge in [-0.1, -0.05) is 52.6 Å². The molecule has 0 heterocycles. The van der Waals surface area contributed by atoms with Gasteiger partial charge in [0.1, 0.15) is 19.4 Å². The molecule has 0 bridgehead atoms. The van der Waals surface area contributed by atoms with Gasteiger partial charge in [0.25, 0.3) is 0 Å². The summed E-state index contributed by atoms with van der Waals surface area (Å²) in [5, 5.41) is 12.4. The molecule has 4 aliphatic rings. The Morgan fingerprint density at radius 1 is 1.00 bits per heavy atom. The molecule has 4 aliphatic carbocycles. The van der Waals surface area contributed by atoms with E-state index < -0.39 is 0 Å². The Balaban J connectivity index is 1.72. The topological polar surface area (TPSA) is 95.5 Å². The number of nitrogens with two attached hydrogens (primary N) is 1. The summed E-state index contributed by atoms with van der Waals surface area (Å²) in [5.74, 6) is 4.92. The molecule has 4 fully saturated rings. The fourth-order valence-electron chi connectivity index (χ4n) is 10.5. The number of fused-ring (bicyclic) bond motifs is 5. The zero-order valence-corrected chi connectivity index (χ0v) is 25.2. The number of methoxy groups -OCH3 is 2. The summed E-state index contributed by atoms with van der Waals surface area (Å²) in [4.78, 5) is 0. The first-order chi connectivity index (χ1) is 18.2. The van der Waals surface area contributed by atoms with Crippen molar-refractivity contribution in [3.05, 3.63) is 0 Å². The Kier molecular flexibility index (Phi) is 9.75. The van der Waals surface area contributed by atoms with Crippen LogP contribution in [0.15, 0.2) is 5.16 Å². The minimum absolute atomic E-state index is 0.144. The first-order valence-electron chi connectivity index (χ1n) is 15.3. The molecule has 3 N–H and O–H groups in total. The Morgan fingerprint density at radius 2 is 1.68 bits per heavy atom. The van der Waals surface area contributed by atoms with Crippen LogP contribution < -0.4 is 5.73 Å². The maximum atomic E-state index is 9.13. The van der Waals surface area contributed by atoms with Gasteiger partial charge in [-0.2, -0.15) is 0 Å². The molecule has 0 aromatic rings. The summed E-state index contributed by atoms with van der Waals surface area (Å²) >= 11 is 0. The normalized spacial score (nSPS) is 45.8. The van der Waals surface area contributed by atoms with Gasteiger partial charge in [0, 0.05) is 20.6 Å². The molecule has 7 nitrogen and oxygen atoms in total. The summed E-state index contributed by atoms with van der Waals surface area (Å²) < 4.78 is 24.2. The Hall–Kier alpha value is -0.890. The predicted molar refractivity (Wildman–Crippen MR) is 150 cm³/mol. The van der Waals surface area contributed by atoms with Crippen LogP contribution in [0.1, 0.15) is 92.4 Å². The largest absolute Gasteiger partial charge is 0.409 e. The summed E-state index contributed by atoms with van der Waals surface area (Å²) in [6.45, 7) is 13.1. The van der Waals surface area contributed by atoms with Crippen molar-refractivity contribution in [3.63, 3.8) is 0 Å². The standard InChI is InChI=1S/C31H56N2O5/c1-8-21-23-15-19(2)11-13-30(23,4)22-12-14-31(5)24(27(22)29(21)38-18-36-7)16-25(37-17-35-6)28(31)20(3)9-10-26(32)33-34/h19-25,27-29,34H,8-18H2,1-7H3,(H2,32,33)/t19-,20-,21-,22?,23+,24?,25+,27?,28+,29?,30-,31+/m1/s1. The van der Waals surface area contributed by atoms with Crippen LogP contribution in [0, 0.1) is 58.2 Å². The van der Waals surface area contributed by atoms with Gasteiger partial charge in [-0.3, -0.25) is 0 Å². The van der Waals surface area contributed by atoms with E-state index in [-0.39, 0.29) is 17.6 Å². The molecule has 220 valence electrons. The van der Waals surface area contributed by atoms with Crippen molar-refractivity contribution in [1.82, 2.24) is 0 Å². The molecule has 0 saturated heterocycles. The summed E-state index contributed by atoms with van der Waals surface area (Å²) in [6, 6.07) is 0. The number of nitrogens with zero attached hydrogens (tertiary/aromatic N) is 1. The van der Waals surface area contributed by atoms with E-state index in [2.05, 4.69) is 39.8 Å². The monoisotopic (exact) mass is 536 g/mol. The lowest BCUT2D eigenvalue weighted by atomic mass is 9.41. The Bertz CT molecular complexity index is 809. The van der Waals surface area contributed by atoms with E-state index in [4.69, 9.17) is 29.9 Å². The van der Waals surface area contributed by atoms with Crippen LogP contribution in [-0.4, -0.2) is 51.1 Å². The van der Waals surface area contributed by atoms with Gasteiger partial charge in [0.2, 0.25) is 0 Å². The smallest absolute Gasteiger partial charge is 0.146 e. The molecule has 4 unspecified atom stereocenters. The molecule has 7 heteroatoms. The van der Waals surface area contributed by atoms with Crippen molar-refractivity contribution in [2.45, 2.75) is 105 Å². The van der Waals surface area contributed by atoms with Crippen molar-refractivity contribution < 1.29 is 24.2 Å². The summed E-state index contributed by atoms with van der Waals surface area (Å²) in [7, 11) is 3.46. The number of hydrogen-bond acceptors (Lipinski definition) is 6. The first-order valence-corrected chi connectivity index (χ1v) is 15.3. The predicted octanol–water partition coefficient (Wildman–Crippen LogP) is 6.28. The average Bonchev–Trinajstić information content (AvgIpc) is 3.21. The van der Waals surface area contributed by atoms with Gasteiger partial charge in [0.05, 0.1) is 12.2 Å². The minimum atomic E-state index is 0.144. The number of ether oxygens (including phenoxy) is 4. The molecular formula is C31H56N2O5. The zero-order chi connectivity index (χ0) is 27.7. The van der Waals surface area contributed by atoms with E-state index >= 15 is 0 Å². The van der Waals surface area contributed by atoms with E-state index in [0.29, 0.717) is 66.8 Å². The van der Waals surface area contributed by atoms with E-state index in [1.165, 1.54) is 32.1 Å². The average molecular weight is 537 g/mol. The van der Waals surface area contributed by atoms with E-state index in [9.17, 15) is 0 Å². The SMILES string of the molecule is CC[C@H]1C(OCOC)C2C3C[C@H](OCOC)[C@H]([C@H](C)CCC(N)=NO)[C@@]3(C)CCC2[C@@]2(C)CC[C@@H](C)C[C@@H]12. The highest BCUT2D eigenvalue weighted by atomic mass is 16.7. The van der Waals surface area contributed by atoms with Gasteiger partial charge in [-0.05, 0) is 96.7 Å². The molecule has 4 saturated carbocycles. The summed E-state index contributed by atoms with van der Waals surface area (Å²) in [6.07, 6.45) is 10.6. The molecule has 0 spiro atoms. The van der Waals surface area contributed by atoms with Gasteiger partial charge < -0.3 is 29.9 Å². The van der Waals surface area contributed by atoms with Crippen molar-refractivity contribution in [2.75, 3.05) is 27.8 Å². The second kappa shape index (κ2) is 12.3. The van der Waals surface area contributed by atoms with Crippen molar-refractivity contribution in [3.8, 4) is 0 Å². The molecule has 0 aliphatic heterocycles. The molecule has 12 atom stereocenters. The Morgan fingerprint density at radius 3 is 2.34 bits per heavy atom. The zero-order valence-electron chi connectivity index (χ0n) is 25.2. The molecule has 4 rings (SSSR count). The first kappa shape index (κ1) is 30.1. The highest BCUT2D eigenvalue weighted by Crippen LogP contribution is 2.70. The maximum absolute atomic E-state index is 9.13. The van der Waals surface area contributed by atoms with Crippen LogP contribution in [0.5, 0.6) is 0 Å². The van der Waals surface area contributed by atoms with Crippen LogP contribution in [0.2, 0.25) is 0 Å². The van der Waals surface area contributed by atoms with Crippen molar-refractivity contribution in [2.24, 2.45) is 69.1 Å². The fourth-order valence-corrected chi connectivity index (χ4v) is 10.5. The maximum Gasteiger partial charge on any atom is 0.146 e. The van der Waals surface area contributed by atoms with Gasteiger partial charge in [-0.15, -0.1) is 0 Å². The highest BCUT2D eigenvalue weighted by molar-refractivity contribution is 5.79. The fraction of sp³-hybridized carbons (Fsp3) is 0.968. The second-order valence-electron chi connectivity index (χ2n) is 13.9.